The Bertz CT molecular complexity index is 135. The van der Waals surface area contributed by atoms with Gasteiger partial charge in [-0.2, -0.15) is 11.8 Å². The van der Waals surface area contributed by atoms with Gasteiger partial charge in [0.1, 0.15) is 0 Å². The molecule has 1 aliphatic rings. The van der Waals surface area contributed by atoms with Crippen molar-refractivity contribution in [3.05, 3.63) is 0 Å². The third-order valence-corrected chi connectivity index (χ3v) is 4.12. The van der Waals surface area contributed by atoms with E-state index in [2.05, 4.69) is 23.6 Å². The van der Waals surface area contributed by atoms with Gasteiger partial charge in [0.25, 0.3) is 0 Å². The van der Waals surface area contributed by atoms with Gasteiger partial charge in [0.2, 0.25) is 0 Å². The zero-order valence-corrected chi connectivity index (χ0v) is 10.7. The monoisotopic (exact) mass is 235 g/mol. The number of alkyl halides is 1. The number of halogens is 1. The SMILES string of the molecule is CC(CCCl)CCN1CCCSCC1. The van der Waals surface area contributed by atoms with Crippen LogP contribution in [0, 0.1) is 5.92 Å². The minimum atomic E-state index is 0.795. The van der Waals surface area contributed by atoms with Crippen molar-refractivity contribution in [2.24, 2.45) is 5.92 Å². The lowest BCUT2D eigenvalue weighted by atomic mass is 10.1. The Morgan fingerprint density at radius 3 is 2.93 bits per heavy atom. The smallest absolute Gasteiger partial charge is 0.0225 e. The first-order valence-corrected chi connectivity index (χ1v) is 7.38. The first-order chi connectivity index (χ1) is 6.83. The molecule has 0 bridgehead atoms. The molecule has 0 spiro atoms. The summed E-state index contributed by atoms with van der Waals surface area (Å²) in [6.07, 6.45) is 3.86. The summed E-state index contributed by atoms with van der Waals surface area (Å²) in [7, 11) is 0. The molecule has 0 N–H and O–H groups in total. The van der Waals surface area contributed by atoms with Gasteiger partial charge in [-0.1, -0.05) is 6.92 Å². The van der Waals surface area contributed by atoms with Crippen molar-refractivity contribution in [3.8, 4) is 0 Å². The average molecular weight is 236 g/mol. The van der Waals surface area contributed by atoms with Gasteiger partial charge in [0, 0.05) is 18.2 Å². The zero-order chi connectivity index (χ0) is 10.2. The molecule has 1 atom stereocenters. The summed E-state index contributed by atoms with van der Waals surface area (Å²) < 4.78 is 0. The number of nitrogens with zero attached hydrogens (tertiary/aromatic N) is 1. The Morgan fingerprint density at radius 2 is 2.14 bits per heavy atom. The molecule has 1 fully saturated rings. The third-order valence-electron chi connectivity index (χ3n) is 2.85. The van der Waals surface area contributed by atoms with Crippen LogP contribution >= 0.6 is 23.4 Å². The predicted molar refractivity (Wildman–Crippen MR) is 67.5 cm³/mol. The fraction of sp³-hybridized carbons (Fsp3) is 1.00. The summed E-state index contributed by atoms with van der Waals surface area (Å²) in [6.45, 7) is 6.19. The van der Waals surface area contributed by atoms with Gasteiger partial charge >= 0.3 is 0 Å². The lowest BCUT2D eigenvalue weighted by Gasteiger charge is -2.21. The highest BCUT2D eigenvalue weighted by Crippen LogP contribution is 2.13. The van der Waals surface area contributed by atoms with E-state index in [1.165, 1.54) is 50.4 Å². The minimum absolute atomic E-state index is 0.795. The second kappa shape index (κ2) is 7.84. The molecule has 1 nitrogen and oxygen atoms in total. The molecule has 0 aromatic carbocycles. The van der Waals surface area contributed by atoms with Crippen molar-refractivity contribution >= 4 is 23.4 Å². The van der Waals surface area contributed by atoms with E-state index in [4.69, 9.17) is 11.6 Å². The minimum Gasteiger partial charge on any atom is -0.302 e. The van der Waals surface area contributed by atoms with Crippen LogP contribution in [0.1, 0.15) is 26.2 Å². The van der Waals surface area contributed by atoms with Crippen molar-refractivity contribution < 1.29 is 0 Å². The highest BCUT2D eigenvalue weighted by atomic mass is 35.5. The van der Waals surface area contributed by atoms with Crippen LogP contribution in [0.4, 0.5) is 0 Å². The van der Waals surface area contributed by atoms with Gasteiger partial charge in [-0.25, -0.2) is 0 Å². The molecule has 0 aliphatic carbocycles. The van der Waals surface area contributed by atoms with Gasteiger partial charge in [0.15, 0.2) is 0 Å². The van der Waals surface area contributed by atoms with E-state index >= 15 is 0 Å². The van der Waals surface area contributed by atoms with Crippen LogP contribution in [0.5, 0.6) is 0 Å². The Balaban J connectivity index is 2.09. The molecule has 84 valence electrons. The standard InChI is InChI=1S/C11H22ClNS/c1-11(3-5-12)4-7-13-6-2-9-14-10-8-13/h11H,2-10H2,1H3. The van der Waals surface area contributed by atoms with Crippen molar-refractivity contribution in [1.29, 1.82) is 0 Å². The van der Waals surface area contributed by atoms with E-state index < -0.39 is 0 Å². The van der Waals surface area contributed by atoms with E-state index in [0.717, 1.165) is 11.8 Å². The Kier molecular flexibility index (Phi) is 7.09. The van der Waals surface area contributed by atoms with Crippen LogP contribution in [-0.2, 0) is 0 Å². The molecule has 0 amide bonds. The summed E-state index contributed by atoms with van der Waals surface area (Å²) in [5.74, 6) is 4.29. The molecule has 1 rings (SSSR count). The van der Waals surface area contributed by atoms with Crippen LogP contribution in [0.15, 0.2) is 0 Å². The molecule has 1 unspecified atom stereocenters. The molecule has 0 aromatic heterocycles. The molecule has 0 radical (unpaired) electrons. The highest BCUT2D eigenvalue weighted by molar-refractivity contribution is 7.99. The molecule has 3 heteroatoms. The highest BCUT2D eigenvalue weighted by Gasteiger charge is 2.10. The van der Waals surface area contributed by atoms with Crippen LogP contribution in [0.2, 0.25) is 0 Å². The van der Waals surface area contributed by atoms with E-state index in [9.17, 15) is 0 Å². The van der Waals surface area contributed by atoms with Gasteiger partial charge < -0.3 is 4.90 Å². The molecular weight excluding hydrogens is 214 g/mol. The van der Waals surface area contributed by atoms with Crippen molar-refractivity contribution in [3.63, 3.8) is 0 Å². The van der Waals surface area contributed by atoms with Gasteiger partial charge in [-0.3, -0.25) is 0 Å². The summed E-state index contributed by atoms with van der Waals surface area (Å²) in [5, 5.41) is 0. The number of hydrogen-bond donors (Lipinski definition) is 0. The Hall–Kier alpha value is 0.600. The maximum Gasteiger partial charge on any atom is 0.0225 e. The largest absolute Gasteiger partial charge is 0.302 e. The van der Waals surface area contributed by atoms with Crippen molar-refractivity contribution in [1.82, 2.24) is 4.90 Å². The lowest BCUT2D eigenvalue weighted by molar-refractivity contribution is 0.271. The van der Waals surface area contributed by atoms with Gasteiger partial charge in [-0.05, 0) is 44.0 Å². The fourth-order valence-electron chi connectivity index (χ4n) is 1.75. The van der Waals surface area contributed by atoms with E-state index in [1.807, 2.05) is 0 Å². The quantitative estimate of drug-likeness (QED) is 0.674. The third kappa shape index (κ3) is 5.47. The summed E-state index contributed by atoms with van der Waals surface area (Å²) in [6, 6.07) is 0. The second-order valence-electron chi connectivity index (χ2n) is 4.18. The zero-order valence-electron chi connectivity index (χ0n) is 9.17. The second-order valence-corrected chi connectivity index (χ2v) is 5.78. The number of thioether (sulfide) groups is 1. The topological polar surface area (TPSA) is 3.24 Å². The van der Waals surface area contributed by atoms with E-state index in [0.29, 0.717) is 0 Å². The van der Waals surface area contributed by atoms with E-state index in [-0.39, 0.29) is 0 Å². The first-order valence-electron chi connectivity index (χ1n) is 5.69. The average Bonchev–Trinajstić information content (AvgIpc) is 2.43. The molecular formula is C11H22ClNS. The summed E-state index contributed by atoms with van der Waals surface area (Å²) in [5.41, 5.74) is 0. The molecule has 1 saturated heterocycles. The molecule has 14 heavy (non-hydrogen) atoms. The molecule has 1 aliphatic heterocycles. The summed E-state index contributed by atoms with van der Waals surface area (Å²) >= 11 is 7.83. The fourth-order valence-corrected chi connectivity index (χ4v) is 3.05. The lowest BCUT2D eigenvalue weighted by Crippen LogP contribution is -2.28. The van der Waals surface area contributed by atoms with Crippen LogP contribution < -0.4 is 0 Å². The number of rotatable bonds is 5. The van der Waals surface area contributed by atoms with Crippen LogP contribution in [0.3, 0.4) is 0 Å². The molecule has 1 heterocycles. The summed E-state index contributed by atoms with van der Waals surface area (Å²) in [4.78, 5) is 2.62. The van der Waals surface area contributed by atoms with E-state index in [1.54, 1.807) is 0 Å². The molecule has 0 saturated carbocycles. The molecule has 0 aromatic rings. The van der Waals surface area contributed by atoms with Crippen molar-refractivity contribution in [2.45, 2.75) is 26.2 Å². The van der Waals surface area contributed by atoms with Crippen molar-refractivity contribution in [2.75, 3.05) is 37.0 Å². The number of hydrogen-bond acceptors (Lipinski definition) is 2. The van der Waals surface area contributed by atoms with Gasteiger partial charge in [-0.15, -0.1) is 11.6 Å². The van der Waals surface area contributed by atoms with Gasteiger partial charge in [0.05, 0.1) is 0 Å². The Morgan fingerprint density at radius 1 is 1.29 bits per heavy atom. The Labute approximate surface area is 97.6 Å². The maximum atomic E-state index is 5.73. The first kappa shape index (κ1) is 12.7. The van der Waals surface area contributed by atoms with Crippen LogP contribution in [0.25, 0.3) is 0 Å². The maximum absolute atomic E-state index is 5.73. The normalized spacial score (nSPS) is 21.9. The predicted octanol–water partition coefficient (Wildman–Crippen LogP) is 3.08. The van der Waals surface area contributed by atoms with Crippen LogP contribution in [-0.4, -0.2) is 41.9 Å².